The Balaban J connectivity index is 2.15. The summed E-state index contributed by atoms with van der Waals surface area (Å²) in [4.78, 5) is 25.8. The molecule has 6 nitrogen and oxygen atoms in total. The van der Waals surface area contributed by atoms with E-state index in [0.717, 1.165) is 6.20 Å². The number of hydrogen-bond donors (Lipinski definition) is 2. The van der Waals surface area contributed by atoms with Gasteiger partial charge in [0.25, 0.3) is 0 Å². The van der Waals surface area contributed by atoms with Crippen molar-refractivity contribution in [2.75, 3.05) is 24.5 Å². The number of carboxylic acids is 1. The lowest BCUT2D eigenvalue weighted by molar-refractivity contribution is -0.136. The van der Waals surface area contributed by atoms with Crippen molar-refractivity contribution in [3.63, 3.8) is 0 Å². The number of hydrogen-bond acceptors (Lipinski definition) is 4. The molecule has 2 fully saturated rings. The van der Waals surface area contributed by atoms with Gasteiger partial charge in [0.1, 0.15) is 11.1 Å². The third-order valence-corrected chi connectivity index (χ3v) is 6.44. The fourth-order valence-electron chi connectivity index (χ4n) is 4.48. The van der Waals surface area contributed by atoms with Gasteiger partial charge >= 0.3 is 12.1 Å². The number of aromatic carboxylic acids is 1. The first-order valence-electron chi connectivity index (χ1n) is 10.1. The molecule has 10 heteroatoms. The van der Waals surface area contributed by atoms with Crippen LogP contribution in [0.25, 0.3) is 10.9 Å². The summed E-state index contributed by atoms with van der Waals surface area (Å²) in [6, 6.07) is -0.368. The van der Waals surface area contributed by atoms with Gasteiger partial charge in [-0.3, -0.25) is 4.79 Å². The second-order valence-electron chi connectivity index (χ2n) is 8.89. The van der Waals surface area contributed by atoms with Crippen molar-refractivity contribution in [3.05, 3.63) is 38.9 Å². The number of carboxylic acid groups (broad SMARTS) is 1. The zero-order chi connectivity index (χ0) is 22.9. The van der Waals surface area contributed by atoms with Crippen LogP contribution in [-0.4, -0.2) is 35.3 Å². The molecule has 1 aromatic heterocycles. The predicted molar refractivity (Wildman–Crippen MR) is 107 cm³/mol. The van der Waals surface area contributed by atoms with Gasteiger partial charge in [-0.05, 0) is 38.1 Å². The summed E-state index contributed by atoms with van der Waals surface area (Å²) in [7, 11) is 0. The highest BCUT2D eigenvalue weighted by atomic mass is 19.4. The molecule has 0 amide bonds. The molecule has 1 unspecified atom stereocenters. The molecule has 1 aliphatic heterocycles. The molecule has 0 radical (unpaired) electrons. The summed E-state index contributed by atoms with van der Waals surface area (Å²) in [6.07, 6.45) is -2.39. The fraction of sp³-hybridized carbons (Fsp3) is 0.524. The molecule has 168 valence electrons. The first-order chi connectivity index (χ1) is 14.4. The number of aryl methyl sites for hydroxylation is 1. The van der Waals surface area contributed by atoms with Crippen LogP contribution in [0.3, 0.4) is 0 Å². The van der Waals surface area contributed by atoms with Gasteiger partial charge in [0.05, 0.1) is 16.6 Å². The molecule has 0 spiro atoms. The van der Waals surface area contributed by atoms with Gasteiger partial charge in [0, 0.05) is 30.9 Å². The van der Waals surface area contributed by atoms with E-state index in [9.17, 15) is 27.9 Å². The summed E-state index contributed by atoms with van der Waals surface area (Å²) in [5, 5.41) is 8.88. The molecule has 2 aliphatic rings. The Morgan fingerprint density at radius 1 is 1.35 bits per heavy atom. The maximum atomic E-state index is 15.5. The highest BCUT2D eigenvalue weighted by Gasteiger charge is 2.45. The number of alkyl halides is 3. The predicted octanol–water partition coefficient (Wildman–Crippen LogP) is 3.68. The van der Waals surface area contributed by atoms with E-state index in [0.29, 0.717) is 19.3 Å². The number of benzene rings is 1. The van der Waals surface area contributed by atoms with Crippen molar-refractivity contribution >= 4 is 22.6 Å². The third kappa shape index (κ3) is 3.37. The van der Waals surface area contributed by atoms with E-state index >= 15 is 4.39 Å². The van der Waals surface area contributed by atoms with Gasteiger partial charge < -0.3 is 20.3 Å². The topological polar surface area (TPSA) is 88.6 Å². The maximum absolute atomic E-state index is 15.5. The SMILES string of the molecule is Cc1c(F)c(N2CCC(C)(CN)C2)c(C(F)(F)F)c2c1c(=O)c(C(=O)O)cn2C1CC1. The normalized spacial score (nSPS) is 21.8. The Morgan fingerprint density at radius 2 is 2.00 bits per heavy atom. The smallest absolute Gasteiger partial charge is 0.420 e. The Hall–Kier alpha value is -2.62. The average Bonchev–Trinajstić information content (AvgIpc) is 3.45. The molecule has 4 rings (SSSR count). The Morgan fingerprint density at radius 3 is 2.48 bits per heavy atom. The summed E-state index contributed by atoms with van der Waals surface area (Å²) < 4.78 is 60.0. The number of anilines is 1. The number of nitrogens with zero attached hydrogens (tertiary/aromatic N) is 2. The van der Waals surface area contributed by atoms with Crippen molar-refractivity contribution < 1.29 is 27.5 Å². The quantitative estimate of drug-likeness (QED) is 0.707. The van der Waals surface area contributed by atoms with E-state index < -0.39 is 56.5 Å². The molecule has 1 saturated carbocycles. The largest absolute Gasteiger partial charge is 0.477 e. The first-order valence-corrected chi connectivity index (χ1v) is 10.1. The molecule has 1 atom stereocenters. The highest BCUT2D eigenvalue weighted by molar-refractivity contribution is 5.97. The zero-order valence-corrected chi connectivity index (χ0v) is 17.1. The molecule has 1 aromatic carbocycles. The van der Waals surface area contributed by atoms with Crippen LogP contribution in [0.15, 0.2) is 11.0 Å². The molecule has 0 bridgehead atoms. The average molecular weight is 441 g/mol. The minimum Gasteiger partial charge on any atom is -0.477 e. The lowest BCUT2D eigenvalue weighted by Gasteiger charge is -2.29. The van der Waals surface area contributed by atoms with Crippen LogP contribution in [0.1, 0.15) is 53.7 Å². The number of aromatic nitrogens is 1. The van der Waals surface area contributed by atoms with Gasteiger partial charge in [0.2, 0.25) is 5.43 Å². The van der Waals surface area contributed by atoms with Crippen LogP contribution in [0.5, 0.6) is 0 Å². The van der Waals surface area contributed by atoms with Crippen LogP contribution < -0.4 is 16.1 Å². The number of fused-ring (bicyclic) bond motifs is 1. The van der Waals surface area contributed by atoms with E-state index in [2.05, 4.69) is 0 Å². The van der Waals surface area contributed by atoms with Gasteiger partial charge in [-0.2, -0.15) is 13.2 Å². The second kappa shape index (κ2) is 6.94. The minimum atomic E-state index is -4.96. The van der Waals surface area contributed by atoms with Crippen LogP contribution in [-0.2, 0) is 6.18 Å². The van der Waals surface area contributed by atoms with Crippen molar-refractivity contribution in [1.82, 2.24) is 4.57 Å². The molecular weight excluding hydrogens is 418 g/mol. The summed E-state index contributed by atoms with van der Waals surface area (Å²) in [5.41, 5.74) is 1.01. The van der Waals surface area contributed by atoms with Gasteiger partial charge in [-0.1, -0.05) is 6.92 Å². The molecular formula is C21H23F4N3O3. The third-order valence-electron chi connectivity index (χ3n) is 6.44. The standard InChI is InChI=1S/C21H23F4N3O3/c1-10-13-16(28(11-3-4-11)7-12(18(13)29)19(30)31)14(21(23,24)25)17(15(10)22)27-6-5-20(2,8-26)9-27/h7,11H,3-6,8-9,26H2,1-2H3,(H,30,31). The molecule has 2 heterocycles. The lowest BCUT2D eigenvalue weighted by atomic mass is 9.90. The number of pyridine rings is 1. The van der Waals surface area contributed by atoms with Gasteiger partial charge in [-0.15, -0.1) is 0 Å². The second-order valence-corrected chi connectivity index (χ2v) is 8.89. The van der Waals surface area contributed by atoms with E-state index in [1.807, 2.05) is 6.92 Å². The van der Waals surface area contributed by atoms with Crippen molar-refractivity contribution in [3.8, 4) is 0 Å². The molecule has 31 heavy (non-hydrogen) atoms. The van der Waals surface area contributed by atoms with Crippen molar-refractivity contribution in [2.24, 2.45) is 11.1 Å². The van der Waals surface area contributed by atoms with Gasteiger partial charge in [0.15, 0.2) is 5.82 Å². The van der Waals surface area contributed by atoms with E-state index in [-0.39, 0.29) is 31.2 Å². The summed E-state index contributed by atoms with van der Waals surface area (Å²) in [6.45, 7) is 3.65. The Bertz CT molecular complexity index is 1150. The van der Waals surface area contributed by atoms with E-state index in [1.165, 1.54) is 16.4 Å². The van der Waals surface area contributed by atoms with Crippen LogP contribution >= 0.6 is 0 Å². The number of halogens is 4. The zero-order valence-electron chi connectivity index (χ0n) is 17.1. The van der Waals surface area contributed by atoms with Crippen molar-refractivity contribution in [2.45, 2.75) is 45.3 Å². The van der Waals surface area contributed by atoms with E-state index in [1.54, 1.807) is 0 Å². The monoisotopic (exact) mass is 441 g/mol. The Labute approximate surface area is 175 Å². The molecule has 2 aromatic rings. The van der Waals surface area contributed by atoms with Gasteiger partial charge in [-0.25, -0.2) is 9.18 Å². The highest BCUT2D eigenvalue weighted by Crippen LogP contribution is 2.48. The maximum Gasteiger partial charge on any atom is 0.420 e. The molecule has 3 N–H and O–H groups in total. The molecule has 1 saturated heterocycles. The van der Waals surface area contributed by atoms with E-state index in [4.69, 9.17) is 5.73 Å². The molecule has 1 aliphatic carbocycles. The summed E-state index contributed by atoms with van der Waals surface area (Å²) in [5.74, 6) is -2.71. The summed E-state index contributed by atoms with van der Waals surface area (Å²) >= 11 is 0. The first kappa shape index (κ1) is 21.6. The van der Waals surface area contributed by atoms with Crippen LogP contribution in [0.2, 0.25) is 0 Å². The Kier molecular flexibility index (Phi) is 4.84. The van der Waals surface area contributed by atoms with Crippen LogP contribution in [0, 0.1) is 18.2 Å². The lowest BCUT2D eigenvalue weighted by Crippen LogP contribution is -2.33. The minimum absolute atomic E-state index is 0.148. The number of nitrogens with two attached hydrogens (primary N) is 1. The fourth-order valence-corrected chi connectivity index (χ4v) is 4.48. The number of rotatable bonds is 4. The number of carbonyl (C=O) groups is 1. The van der Waals surface area contributed by atoms with Crippen LogP contribution in [0.4, 0.5) is 23.2 Å². The van der Waals surface area contributed by atoms with Crippen molar-refractivity contribution in [1.29, 1.82) is 0 Å².